The molecule has 3 rings (SSSR count). The van der Waals surface area contributed by atoms with Crippen LogP contribution in [0, 0.1) is 13.8 Å². The predicted molar refractivity (Wildman–Crippen MR) is 152 cm³/mol. The molecule has 0 saturated heterocycles. The molecule has 2 amide bonds. The molecule has 0 bridgehead atoms. The summed E-state index contributed by atoms with van der Waals surface area (Å²) in [4.78, 5) is 28.5. The van der Waals surface area contributed by atoms with Gasteiger partial charge in [-0.15, -0.1) is 11.8 Å². The molecule has 1 N–H and O–H groups in total. The smallest absolute Gasteiger partial charge is 0.243 e. The van der Waals surface area contributed by atoms with Crippen LogP contribution in [-0.2, 0) is 28.3 Å². The fourth-order valence-electron chi connectivity index (χ4n) is 4.17. The molecule has 36 heavy (non-hydrogen) atoms. The number of rotatable bonds is 11. The van der Waals surface area contributed by atoms with E-state index < -0.39 is 6.04 Å². The SMILES string of the molecule is CCNC(=O)[C@H](Cc1ccccc1)N(Cc1ccc(Cl)cc1Cl)C(=O)CSCc1cc(C)cc(C)c1. The van der Waals surface area contributed by atoms with Crippen molar-refractivity contribution in [2.75, 3.05) is 12.3 Å². The van der Waals surface area contributed by atoms with Crippen molar-refractivity contribution in [1.82, 2.24) is 10.2 Å². The molecule has 0 unspecified atom stereocenters. The maximum absolute atomic E-state index is 13.6. The lowest BCUT2D eigenvalue weighted by Crippen LogP contribution is -2.51. The topological polar surface area (TPSA) is 49.4 Å². The van der Waals surface area contributed by atoms with E-state index in [9.17, 15) is 9.59 Å². The Morgan fingerprint density at radius 2 is 1.64 bits per heavy atom. The molecular weight excluding hydrogens is 511 g/mol. The van der Waals surface area contributed by atoms with Gasteiger partial charge >= 0.3 is 0 Å². The van der Waals surface area contributed by atoms with Gasteiger partial charge in [-0.25, -0.2) is 0 Å². The highest BCUT2D eigenvalue weighted by molar-refractivity contribution is 7.99. The molecule has 0 aliphatic rings. The van der Waals surface area contributed by atoms with Gasteiger partial charge in [0.05, 0.1) is 5.75 Å². The molecule has 0 aromatic heterocycles. The number of hydrogen-bond donors (Lipinski definition) is 1. The fraction of sp³-hybridized carbons (Fsp3) is 0.310. The van der Waals surface area contributed by atoms with Crippen LogP contribution in [0.5, 0.6) is 0 Å². The summed E-state index contributed by atoms with van der Waals surface area (Å²) in [5.74, 6) is 0.679. The van der Waals surface area contributed by atoms with Gasteiger partial charge in [-0.05, 0) is 49.6 Å². The van der Waals surface area contributed by atoms with Crippen LogP contribution in [-0.4, -0.2) is 35.1 Å². The summed E-state index contributed by atoms with van der Waals surface area (Å²) in [5, 5.41) is 3.90. The molecule has 4 nitrogen and oxygen atoms in total. The zero-order valence-electron chi connectivity index (χ0n) is 20.9. The highest BCUT2D eigenvalue weighted by Gasteiger charge is 2.30. The standard InChI is InChI=1S/C29H32Cl2N2O2S/c1-4-32-29(35)27(15-22-8-6-5-7-9-22)33(17-24-10-11-25(30)16-26(24)31)28(34)19-36-18-23-13-20(2)12-21(3)14-23/h5-14,16,27H,4,15,17-19H2,1-3H3,(H,32,35)/t27-/m0/s1. The Kier molecular flexibility index (Phi) is 10.7. The van der Waals surface area contributed by atoms with E-state index >= 15 is 0 Å². The number of hydrogen-bond acceptors (Lipinski definition) is 3. The Morgan fingerprint density at radius 3 is 2.28 bits per heavy atom. The second-order valence-electron chi connectivity index (χ2n) is 8.85. The summed E-state index contributed by atoms with van der Waals surface area (Å²) in [7, 11) is 0. The second-order valence-corrected chi connectivity index (χ2v) is 10.7. The van der Waals surface area contributed by atoms with Crippen LogP contribution in [0.2, 0.25) is 10.0 Å². The molecule has 3 aromatic rings. The molecule has 0 spiro atoms. The molecule has 0 aliphatic heterocycles. The van der Waals surface area contributed by atoms with Crippen molar-refractivity contribution in [2.45, 2.75) is 45.5 Å². The number of halogens is 2. The van der Waals surface area contributed by atoms with Crippen LogP contribution in [0.25, 0.3) is 0 Å². The van der Waals surface area contributed by atoms with Crippen LogP contribution >= 0.6 is 35.0 Å². The summed E-state index contributed by atoms with van der Waals surface area (Å²) in [6, 6.07) is 20.7. The minimum absolute atomic E-state index is 0.109. The average Bonchev–Trinajstić information content (AvgIpc) is 2.82. The van der Waals surface area contributed by atoms with Gasteiger partial charge in [0.15, 0.2) is 0 Å². The van der Waals surface area contributed by atoms with E-state index in [2.05, 4.69) is 37.4 Å². The van der Waals surface area contributed by atoms with Gasteiger partial charge < -0.3 is 10.2 Å². The molecule has 0 aliphatic carbocycles. The third-order valence-electron chi connectivity index (χ3n) is 5.75. The van der Waals surface area contributed by atoms with Crippen LogP contribution in [0.15, 0.2) is 66.7 Å². The van der Waals surface area contributed by atoms with E-state index in [4.69, 9.17) is 23.2 Å². The van der Waals surface area contributed by atoms with Crippen molar-refractivity contribution in [3.63, 3.8) is 0 Å². The highest BCUT2D eigenvalue weighted by atomic mass is 35.5. The number of amides is 2. The van der Waals surface area contributed by atoms with Crippen molar-refractivity contribution in [2.24, 2.45) is 0 Å². The third-order valence-corrected chi connectivity index (χ3v) is 7.33. The maximum atomic E-state index is 13.6. The van der Waals surface area contributed by atoms with Gasteiger partial charge in [0.25, 0.3) is 0 Å². The van der Waals surface area contributed by atoms with Crippen molar-refractivity contribution < 1.29 is 9.59 Å². The van der Waals surface area contributed by atoms with Crippen LogP contribution < -0.4 is 5.32 Å². The van der Waals surface area contributed by atoms with Crippen molar-refractivity contribution in [1.29, 1.82) is 0 Å². The normalized spacial score (nSPS) is 11.7. The lowest BCUT2D eigenvalue weighted by Gasteiger charge is -2.31. The zero-order valence-corrected chi connectivity index (χ0v) is 23.2. The number of nitrogens with one attached hydrogen (secondary N) is 1. The number of benzene rings is 3. The Balaban J connectivity index is 1.86. The van der Waals surface area contributed by atoms with E-state index in [1.54, 1.807) is 28.8 Å². The summed E-state index contributed by atoms with van der Waals surface area (Å²) in [6.07, 6.45) is 0.408. The van der Waals surface area contributed by atoms with E-state index in [-0.39, 0.29) is 24.1 Å². The minimum atomic E-state index is -0.673. The van der Waals surface area contributed by atoms with Gasteiger partial charge in [-0.2, -0.15) is 0 Å². The summed E-state index contributed by atoms with van der Waals surface area (Å²) in [5.41, 5.74) is 5.32. The molecule has 0 heterocycles. The first-order chi connectivity index (χ1) is 17.3. The molecule has 0 radical (unpaired) electrons. The Morgan fingerprint density at radius 1 is 0.944 bits per heavy atom. The number of aryl methyl sites for hydroxylation is 2. The van der Waals surface area contributed by atoms with Crippen molar-refractivity contribution in [3.8, 4) is 0 Å². The van der Waals surface area contributed by atoms with Crippen LogP contribution in [0.1, 0.15) is 34.7 Å². The number of nitrogens with zero attached hydrogens (tertiary/aromatic N) is 1. The van der Waals surface area contributed by atoms with E-state index in [0.717, 1.165) is 11.1 Å². The zero-order chi connectivity index (χ0) is 26.1. The van der Waals surface area contributed by atoms with Crippen LogP contribution in [0.3, 0.4) is 0 Å². The van der Waals surface area contributed by atoms with Gasteiger partial charge in [-0.3, -0.25) is 9.59 Å². The van der Waals surface area contributed by atoms with Gasteiger partial charge in [0.2, 0.25) is 11.8 Å². The first kappa shape index (κ1) is 28.1. The first-order valence-electron chi connectivity index (χ1n) is 12.0. The number of likely N-dealkylation sites (N-methyl/N-ethyl adjacent to an activating group) is 1. The summed E-state index contributed by atoms with van der Waals surface area (Å²) >= 11 is 14.1. The summed E-state index contributed by atoms with van der Waals surface area (Å²) in [6.45, 7) is 6.72. The molecule has 7 heteroatoms. The van der Waals surface area contributed by atoms with Crippen molar-refractivity contribution >= 4 is 46.8 Å². The number of carbonyl (C=O) groups excluding carboxylic acids is 2. The van der Waals surface area contributed by atoms with Gasteiger partial charge in [-0.1, -0.05) is 88.9 Å². The van der Waals surface area contributed by atoms with E-state index in [1.165, 1.54) is 16.7 Å². The van der Waals surface area contributed by atoms with Gasteiger partial charge in [0.1, 0.15) is 6.04 Å². The monoisotopic (exact) mass is 542 g/mol. The van der Waals surface area contributed by atoms with Crippen LogP contribution in [0.4, 0.5) is 0 Å². The lowest BCUT2D eigenvalue weighted by atomic mass is 10.0. The Bertz CT molecular complexity index is 1170. The Labute approximate surface area is 228 Å². The molecule has 3 aromatic carbocycles. The first-order valence-corrected chi connectivity index (χ1v) is 13.9. The van der Waals surface area contributed by atoms with Gasteiger partial charge in [0, 0.05) is 35.3 Å². The fourth-order valence-corrected chi connectivity index (χ4v) is 5.48. The van der Waals surface area contributed by atoms with E-state index in [0.29, 0.717) is 28.8 Å². The maximum Gasteiger partial charge on any atom is 0.243 e. The molecule has 0 fully saturated rings. The van der Waals surface area contributed by atoms with Crippen molar-refractivity contribution in [3.05, 3.63) is 105 Å². The highest BCUT2D eigenvalue weighted by Crippen LogP contribution is 2.25. The van der Waals surface area contributed by atoms with E-state index in [1.807, 2.05) is 43.3 Å². The molecular formula is C29H32Cl2N2O2S. The number of carbonyl (C=O) groups is 2. The minimum Gasteiger partial charge on any atom is -0.355 e. The largest absolute Gasteiger partial charge is 0.355 e. The molecule has 0 saturated carbocycles. The second kappa shape index (κ2) is 13.7. The third kappa shape index (κ3) is 8.29. The molecule has 1 atom stereocenters. The Hall–Kier alpha value is -2.47. The molecule has 190 valence electrons. The number of thioether (sulfide) groups is 1. The average molecular weight is 544 g/mol. The summed E-state index contributed by atoms with van der Waals surface area (Å²) < 4.78 is 0. The lowest BCUT2D eigenvalue weighted by molar-refractivity contribution is -0.139. The predicted octanol–water partition coefficient (Wildman–Crippen LogP) is 6.62. The quantitative estimate of drug-likeness (QED) is 0.296.